The number of carbonyl (C=O) groups excluding carboxylic acids is 7. The Kier molecular flexibility index (Phi) is 21.4. The minimum Gasteiger partial charge on any atom is -0.547 e. The van der Waals surface area contributed by atoms with Gasteiger partial charge in [0.1, 0.15) is 171 Å². The van der Waals surface area contributed by atoms with Gasteiger partial charge < -0.3 is 213 Å². The number of hydrogen-bond acceptors (Lipinski definition) is 43. The summed E-state index contributed by atoms with van der Waals surface area (Å²) >= 11 is 0. The van der Waals surface area contributed by atoms with Crippen LogP contribution in [0.3, 0.4) is 0 Å². The zero-order chi connectivity index (χ0) is 63.4. The first-order chi connectivity index (χ1) is 39.6. The number of hydrogen-bond donors (Lipinski definition) is 16. The summed E-state index contributed by atoms with van der Waals surface area (Å²) in [5, 5.41) is 255. The van der Waals surface area contributed by atoms with Gasteiger partial charge in [-0.3, -0.25) is 0 Å². The van der Waals surface area contributed by atoms with E-state index < -0.39 is 257 Å². The summed E-state index contributed by atoms with van der Waals surface area (Å²) in [6.45, 7) is 0. The van der Waals surface area contributed by atoms with Gasteiger partial charge in [0.2, 0.25) is 0 Å². The normalized spacial score (nSPS) is 49.7. The highest BCUT2D eigenvalue weighted by molar-refractivity contribution is 5.74. The van der Waals surface area contributed by atoms with Crippen molar-refractivity contribution in [2.45, 2.75) is 215 Å². The van der Waals surface area contributed by atoms with Crippen molar-refractivity contribution >= 4 is 41.8 Å². The van der Waals surface area contributed by atoms with Crippen LogP contribution in [0, 0.1) is 0 Å². The third-order valence-electron chi connectivity index (χ3n) is 14.2. The largest absolute Gasteiger partial charge is 0.547 e. The number of carboxylic acid groups (broad SMARTS) is 7. The zero-order valence-electron chi connectivity index (χ0n) is 41.9. The summed E-state index contributed by atoms with van der Waals surface area (Å²) in [4.78, 5) is 84.8. The number of aliphatic hydroxyl groups is 16. The van der Waals surface area contributed by atoms with Crippen LogP contribution in [0.2, 0.25) is 0 Å². The first-order valence-electron chi connectivity index (χ1n) is 24.5. The Morgan fingerprint density at radius 2 is 0.376 bits per heavy atom. The SMILES string of the molecule is O=C([O-])[C@@H]1O[C@@H](O[C@H]2[C@H](O)[C@H](O)[C@H](O[C@H]3[C@H](O)[C@H](O)[C@H](O[C@H]4[C@H](O)[C@H](O)[C@H](O[C@H]5[C@H](O)[C@H](O)[C@H](O[C@H]6[C@H](O)[C@H](O)[C@H](O[C@H]7[C@H](O)[C@H](O)[C@H](O)O[C@H]7C(=O)[O-])O[C@H]6C(=O)[O-])O[C@H]5C(=O)[O-])O[C@H]4C(=O)[O-])O[C@H]3C(=O)[O-])O[C@H]2C(=O)[O-])[C@@H](O)[C@@H](O)[C@@H]1O. The minimum absolute atomic E-state index is 2.19. The van der Waals surface area contributed by atoms with Gasteiger partial charge in [-0.2, -0.15) is 0 Å². The van der Waals surface area contributed by atoms with Crippen LogP contribution in [-0.4, -0.2) is 338 Å². The molecule has 7 aliphatic rings. The van der Waals surface area contributed by atoms with E-state index in [4.69, 9.17) is 56.8 Å². The molecule has 0 aromatic rings. The summed E-state index contributed by atoms with van der Waals surface area (Å²) in [6.07, 6.45) is -91.5. The number of carboxylic acids is 7. The molecule has 7 fully saturated rings. The van der Waals surface area contributed by atoms with Gasteiger partial charge in [-0.25, -0.2) is 0 Å². The molecule has 0 unspecified atom stereocenters. The minimum atomic E-state index is -2.87. The van der Waals surface area contributed by atoms with Crippen LogP contribution in [-0.2, 0) is 95.1 Å². The highest BCUT2D eigenvalue weighted by atomic mass is 16.8. The van der Waals surface area contributed by atoms with Gasteiger partial charge in [-0.1, -0.05) is 0 Å². The fourth-order valence-corrected chi connectivity index (χ4v) is 9.73. The lowest BCUT2D eigenvalue weighted by atomic mass is 9.94. The van der Waals surface area contributed by atoms with Gasteiger partial charge in [0.15, 0.2) is 44.0 Å². The van der Waals surface area contributed by atoms with Gasteiger partial charge in [0, 0.05) is 0 Å². The van der Waals surface area contributed by atoms with Crippen molar-refractivity contribution in [1.82, 2.24) is 0 Å². The van der Waals surface area contributed by atoms with Crippen LogP contribution in [0.15, 0.2) is 0 Å². The Morgan fingerprint density at radius 3 is 0.576 bits per heavy atom. The monoisotopic (exact) mass is 1240 g/mol. The zero-order valence-corrected chi connectivity index (χ0v) is 41.9. The summed E-state index contributed by atoms with van der Waals surface area (Å²) in [7, 11) is 0. The van der Waals surface area contributed by atoms with E-state index in [0.717, 1.165) is 0 Å². The van der Waals surface area contributed by atoms with Crippen molar-refractivity contribution < 1.29 is 213 Å². The Balaban J connectivity index is 1.01. The second-order valence-electron chi connectivity index (χ2n) is 19.7. The molecule has 35 atom stereocenters. The average Bonchev–Trinajstić information content (AvgIpc) is 3.42. The molecule has 0 aromatic heterocycles. The summed E-state index contributed by atoms with van der Waals surface area (Å²) < 4.78 is 65.8. The van der Waals surface area contributed by atoms with Gasteiger partial charge in [0.05, 0.1) is 41.8 Å². The topological polar surface area (TPSA) is 725 Å². The van der Waals surface area contributed by atoms with Crippen molar-refractivity contribution in [3.8, 4) is 0 Å². The second kappa shape index (κ2) is 26.8. The molecule has 85 heavy (non-hydrogen) atoms. The Bertz CT molecular complexity index is 2400. The van der Waals surface area contributed by atoms with E-state index in [9.17, 15) is 151 Å². The molecule has 0 aliphatic carbocycles. The second-order valence-corrected chi connectivity index (χ2v) is 19.7. The number of aliphatic carboxylic acids is 7. The summed E-state index contributed by atoms with van der Waals surface area (Å²) in [6, 6.07) is 0. The highest BCUT2D eigenvalue weighted by Crippen LogP contribution is 2.38. The molecule has 7 rings (SSSR count). The lowest BCUT2D eigenvalue weighted by Crippen LogP contribution is -2.71. The maximum atomic E-state index is 12.5. The molecule has 0 radical (unpaired) electrons. The average molecular weight is 1240 g/mol. The van der Waals surface area contributed by atoms with Gasteiger partial charge >= 0.3 is 0 Å². The van der Waals surface area contributed by atoms with Crippen molar-refractivity contribution in [2.75, 3.05) is 0 Å². The van der Waals surface area contributed by atoms with E-state index in [1.54, 1.807) is 0 Å². The quantitative estimate of drug-likeness (QED) is 0.0571. The predicted octanol–water partition coefficient (Wildman–Crippen LogP) is -25.0. The van der Waals surface area contributed by atoms with Gasteiger partial charge in [-0.15, -0.1) is 0 Å². The van der Waals surface area contributed by atoms with E-state index >= 15 is 0 Å². The van der Waals surface area contributed by atoms with Crippen LogP contribution in [0.1, 0.15) is 0 Å². The van der Waals surface area contributed by atoms with E-state index in [1.165, 1.54) is 0 Å². The number of ether oxygens (including phenoxy) is 13. The molecule has 43 nitrogen and oxygen atoms in total. The first kappa shape index (κ1) is 67.6. The van der Waals surface area contributed by atoms with Gasteiger partial charge in [0.25, 0.3) is 0 Å². The molecule has 7 saturated heterocycles. The molecule has 0 amide bonds. The molecule has 7 heterocycles. The third-order valence-corrected chi connectivity index (χ3v) is 14.2. The van der Waals surface area contributed by atoms with Crippen LogP contribution in [0.4, 0.5) is 0 Å². The molecule has 0 aromatic carbocycles. The van der Waals surface area contributed by atoms with E-state index in [0.29, 0.717) is 0 Å². The molecular weight excluding hydrogens is 1190 g/mol. The van der Waals surface area contributed by atoms with E-state index in [-0.39, 0.29) is 0 Å². The van der Waals surface area contributed by atoms with E-state index in [2.05, 4.69) is 4.74 Å². The van der Waals surface area contributed by atoms with Crippen LogP contribution in [0.25, 0.3) is 0 Å². The molecule has 16 N–H and O–H groups in total. The standard InChI is InChI=1S/C42H58O43/c43-1-2(44)22(29(58)59)80-37(10(1)52)75-17-4(46)12(54)39(82-24(17)31(62)63)77-19-6(48)14(56)41(84-26(19)33(66)67)79-21-8(50)15(57)42(85-28(21)35(70)71)78-20-7(49)13(55)40(83-27(20)34(68)69)76-18-5(47)11(53)38(81-25(18)32(64)65)74-16-3(45)9(51)36(72)73-23(16)30(60)61/h1-28,36-57,72H,(H,58,59)(H,60,61)(H,62,63)(H,64,65)(H,66,67)(H,68,69)(H,70,71)/p-7/t1-,2-,3+,4+,5+,6+,7+,8+,9-,10-,11-,12-,13-,14-,15-,16-,17-,18-,19-,20-,21-,22+,23+,24+,25+,26+,27+,28+,36+,37+,38+,39+,40+,41+,42+/m0/s1. The molecular formula is C42H51O43-7. The number of rotatable bonds is 19. The van der Waals surface area contributed by atoms with Crippen molar-refractivity contribution in [1.29, 1.82) is 0 Å². The van der Waals surface area contributed by atoms with Crippen LogP contribution < -0.4 is 35.7 Å². The Morgan fingerprint density at radius 1 is 0.212 bits per heavy atom. The van der Waals surface area contributed by atoms with Crippen LogP contribution in [0.5, 0.6) is 0 Å². The van der Waals surface area contributed by atoms with E-state index in [1.807, 2.05) is 0 Å². The highest BCUT2D eigenvalue weighted by Gasteiger charge is 2.59. The van der Waals surface area contributed by atoms with Crippen molar-refractivity contribution in [3.05, 3.63) is 0 Å². The lowest BCUT2D eigenvalue weighted by Gasteiger charge is -2.50. The number of carbonyl (C=O) groups is 7. The molecule has 0 bridgehead atoms. The van der Waals surface area contributed by atoms with Crippen LogP contribution >= 0.6 is 0 Å². The smallest absolute Gasteiger partial charge is 0.187 e. The molecule has 43 heteroatoms. The third kappa shape index (κ3) is 13.4. The number of aliphatic hydroxyl groups excluding tert-OH is 16. The molecule has 7 aliphatic heterocycles. The molecule has 0 saturated carbocycles. The predicted molar refractivity (Wildman–Crippen MR) is 217 cm³/mol. The fourth-order valence-electron chi connectivity index (χ4n) is 9.73. The molecule has 484 valence electrons. The lowest BCUT2D eigenvalue weighted by molar-refractivity contribution is -0.410. The van der Waals surface area contributed by atoms with Crippen molar-refractivity contribution in [2.24, 2.45) is 0 Å². The Hall–Kier alpha value is -4.87. The maximum Gasteiger partial charge on any atom is 0.187 e. The molecule has 0 spiro atoms. The van der Waals surface area contributed by atoms with Crippen molar-refractivity contribution in [3.63, 3.8) is 0 Å². The Labute approximate surface area is 469 Å². The first-order valence-corrected chi connectivity index (χ1v) is 24.5. The van der Waals surface area contributed by atoms with Gasteiger partial charge in [-0.05, 0) is 0 Å². The summed E-state index contributed by atoms with van der Waals surface area (Å²) in [5.41, 5.74) is 0. The summed E-state index contributed by atoms with van der Waals surface area (Å²) in [5.74, 6) is -16.5. The maximum absolute atomic E-state index is 12.5. The fraction of sp³-hybridized carbons (Fsp3) is 0.833.